The van der Waals surface area contributed by atoms with Crippen molar-refractivity contribution in [3.8, 4) is 0 Å². The predicted octanol–water partition coefficient (Wildman–Crippen LogP) is 2.27. The standard InChI is InChI=1S/C16H21NO4/c1-10-7-11(2)15(12(3)8-10)17-14(18)9-21-16(19)13-5-4-6-20-13/h7-8,13H,4-6,9H2,1-3H3,(H,17,18)/t13-/m0/s1. The molecule has 1 fully saturated rings. The number of nitrogens with one attached hydrogen (secondary N) is 1. The van der Waals surface area contributed by atoms with Gasteiger partial charge in [-0.3, -0.25) is 4.79 Å². The third-order valence-electron chi connectivity index (χ3n) is 3.48. The summed E-state index contributed by atoms with van der Waals surface area (Å²) in [6.45, 7) is 6.18. The lowest BCUT2D eigenvalue weighted by molar-refractivity contribution is -0.156. The van der Waals surface area contributed by atoms with Gasteiger partial charge in [0, 0.05) is 12.3 Å². The number of carbonyl (C=O) groups excluding carboxylic acids is 2. The van der Waals surface area contributed by atoms with Gasteiger partial charge in [0.2, 0.25) is 0 Å². The Bertz CT molecular complexity index is 524. The van der Waals surface area contributed by atoms with Crippen molar-refractivity contribution >= 4 is 17.6 Å². The van der Waals surface area contributed by atoms with Gasteiger partial charge in [0.1, 0.15) is 0 Å². The van der Waals surface area contributed by atoms with E-state index in [-0.39, 0.29) is 12.5 Å². The van der Waals surface area contributed by atoms with Crippen molar-refractivity contribution in [2.45, 2.75) is 39.7 Å². The molecule has 0 bridgehead atoms. The number of carbonyl (C=O) groups is 2. The lowest BCUT2D eigenvalue weighted by Crippen LogP contribution is -2.27. The van der Waals surface area contributed by atoms with Crippen LogP contribution in [0.2, 0.25) is 0 Å². The molecule has 1 aliphatic heterocycles. The normalized spacial score (nSPS) is 17.6. The molecule has 0 saturated carbocycles. The summed E-state index contributed by atoms with van der Waals surface area (Å²) in [6, 6.07) is 4.00. The number of aryl methyl sites for hydroxylation is 3. The van der Waals surface area contributed by atoms with Crippen LogP contribution in [-0.2, 0) is 19.1 Å². The Labute approximate surface area is 124 Å². The Balaban J connectivity index is 1.88. The maximum Gasteiger partial charge on any atom is 0.335 e. The molecule has 0 unspecified atom stereocenters. The molecule has 1 N–H and O–H groups in total. The number of amides is 1. The summed E-state index contributed by atoms with van der Waals surface area (Å²) in [5.41, 5.74) is 3.91. The molecule has 0 aliphatic carbocycles. The first-order valence-electron chi connectivity index (χ1n) is 7.13. The van der Waals surface area contributed by atoms with Gasteiger partial charge < -0.3 is 14.8 Å². The molecule has 2 rings (SSSR count). The van der Waals surface area contributed by atoms with Crippen LogP contribution in [0.1, 0.15) is 29.5 Å². The molecule has 1 saturated heterocycles. The fourth-order valence-electron chi connectivity index (χ4n) is 2.55. The van der Waals surface area contributed by atoms with Crippen LogP contribution in [0.4, 0.5) is 5.69 Å². The minimum atomic E-state index is -0.513. The Hall–Kier alpha value is -1.88. The first kappa shape index (κ1) is 15.5. The zero-order valence-electron chi connectivity index (χ0n) is 12.7. The summed E-state index contributed by atoms with van der Waals surface area (Å²) in [4.78, 5) is 23.5. The van der Waals surface area contributed by atoms with Crippen molar-refractivity contribution in [2.24, 2.45) is 0 Å². The van der Waals surface area contributed by atoms with E-state index >= 15 is 0 Å². The van der Waals surface area contributed by atoms with Gasteiger partial charge in [0.15, 0.2) is 12.7 Å². The first-order valence-corrected chi connectivity index (χ1v) is 7.13. The highest BCUT2D eigenvalue weighted by molar-refractivity contribution is 5.94. The summed E-state index contributed by atoms with van der Waals surface area (Å²) in [6.07, 6.45) is 1.00. The van der Waals surface area contributed by atoms with Crippen LogP contribution in [0.5, 0.6) is 0 Å². The second kappa shape index (κ2) is 6.72. The Morgan fingerprint density at radius 2 is 1.95 bits per heavy atom. The molecule has 114 valence electrons. The molecule has 1 amide bonds. The quantitative estimate of drug-likeness (QED) is 0.864. The van der Waals surface area contributed by atoms with Crippen LogP contribution in [0.3, 0.4) is 0 Å². The number of rotatable bonds is 4. The van der Waals surface area contributed by atoms with Gasteiger partial charge in [0.05, 0.1) is 0 Å². The van der Waals surface area contributed by atoms with Gasteiger partial charge in [-0.25, -0.2) is 4.79 Å². The Morgan fingerprint density at radius 1 is 1.29 bits per heavy atom. The summed E-state index contributed by atoms with van der Waals surface area (Å²) in [7, 11) is 0. The number of hydrogen-bond acceptors (Lipinski definition) is 4. The monoisotopic (exact) mass is 291 g/mol. The smallest absolute Gasteiger partial charge is 0.335 e. The number of hydrogen-bond donors (Lipinski definition) is 1. The number of anilines is 1. The molecule has 1 heterocycles. The molecule has 1 aliphatic rings. The van der Waals surface area contributed by atoms with E-state index in [1.54, 1.807) is 0 Å². The zero-order valence-corrected chi connectivity index (χ0v) is 12.7. The molecule has 5 heteroatoms. The van der Waals surface area contributed by atoms with E-state index in [4.69, 9.17) is 9.47 Å². The van der Waals surface area contributed by atoms with Crippen LogP contribution in [0, 0.1) is 20.8 Å². The van der Waals surface area contributed by atoms with Gasteiger partial charge >= 0.3 is 5.97 Å². The van der Waals surface area contributed by atoms with Crippen LogP contribution in [-0.4, -0.2) is 31.2 Å². The third kappa shape index (κ3) is 4.04. The molecule has 0 radical (unpaired) electrons. The summed E-state index contributed by atoms with van der Waals surface area (Å²) >= 11 is 0. The molecular formula is C16H21NO4. The maximum atomic E-state index is 11.9. The Morgan fingerprint density at radius 3 is 2.52 bits per heavy atom. The molecule has 5 nitrogen and oxygen atoms in total. The molecule has 1 aromatic carbocycles. The van der Waals surface area contributed by atoms with Crippen LogP contribution >= 0.6 is 0 Å². The van der Waals surface area contributed by atoms with E-state index in [2.05, 4.69) is 5.32 Å². The van der Waals surface area contributed by atoms with Crippen LogP contribution < -0.4 is 5.32 Å². The number of benzene rings is 1. The van der Waals surface area contributed by atoms with Crippen LogP contribution in [0.25, 0.3) is 0 Å². The summed E-state index contributed by atoms with van der Waals surface area (Å²) < 4.78 is 10.2. The van der Waals surface area contributed by atoms with Gasteiger partial charge in [-0.15, -0.1) is 0 Å². The minimum absolute atomic E-state index is 0.286. The van der Waals surface area contributed by atoms with E-state index in [0.29, 0.717) is 13.0 Å². The van der Waals surface area contributed by atoms with E-state index in [1.165, 1.54) is 0 Å². The third-order valence-corrected chi connectivity index (χ3v) is 3.48. The number of ether oxygens (including phenoxy) is 2. The van der Waals surface area contributed by atoms with E-state index in [1.807, 2.05) is 32.9 Å². The van der Waals surface area contributed by atoms with Crippen molar-refractivity contribution in [1.82, 2.24) is 0 Å². The maximum absolute atomic E-state index is 11.9. The average Bonchev–Trinajstić information content (AvgIpc) is 2.94. The second-order valence-electron chi connectivity index (χ2n) is 5.43. The highest BCUT2D eigenvalue weighted by Gasteiger charge is 2.25. The van der Waals surface area contributed by atoms with Crippen molar-refractivity contribution in [3.05, 3.63) is 28.8 Å². The first-order chi connectivity index (χ1) is 9.97. The molecule has 1 aromatic rings. The van der Waals surface area contributed by atoms with Crippen LogP contribution in [0.15, 0.2) is 12.1 Å². The summed E-state index contributed by atoms with van der Waals surface area (Å²) in [5, 5.41) is 2.79. The molecule has 1 atom stereocenters. The SMILES string of the molecule is Cc1cc(C)c(NC(=O)COC(=O)[C@@H]2CCCO2)c(C)c1. The molecule has 0 spiro atoms. The second-order valence-corrected chi connectivity index (χ2v) is 5.43. The Kier molecular flexibility index (Phi) is 4.96. The lowest BCUT2D eigenvalue weighted by atomic mass is 10.1. The van der Waals surface area contributed by atoms with Crippen molar-refractivity contribution in [2.75, 3.05) is 18.5 Å². The predicted molar refractivity (Wildman–Crippen MR) is 79.2 cm³/mol. The van der Waals surface area contributed by atoms with E-state index in [9.17, 15) is 9.59 Å². The number of esters is 1. The summed E-state index contributed by atoms with van der Waals surface area (Å²) in [5.74, 6) is -0.795. The topological polar surface area (TPSA) is 64.6 Å². The van der Waals surface area contributed by atoms with Crippen molar-refractivity contribution < 1.29 is 19.1 Å². The zero-order chi connectivity index (χ0) is 15.4. The van der Waals surface area contributed by atoms with Gasteiger partial charge in [0.25, 0.3) is 5.91 Å². The van der Waals surface area contributed by atoms with Gasteiger partial charge in [-0.2, -0.15) is 0 Å². The average molecular weight is 291 g/mol. The molecule has 21 heavy (non-hydrogen) atoms. The lowest BCUT2D eigenvalue weighted by Gasteiger charge is -2.13. The fraction of sp³-hybridized carbons (Fsp3) is 0.500. The van der Waals surface area contributed by atoms with E-state index < -0.39 is 12.1 Å². The van der Waals surface area contributed by atoms with Gasteiger partial charge in [-0.1, -0.05) is 17.7 Å². The largest absolute Gasteiger partial charge is 0.454 e. The minimum Gasteiger partial charge on any atom is -0.454 e. The van der Waals surface area contributed by atoms with Gasteiger partial charge in [-0.05, 0) is 44.7 Å². The van der Waals surface area contributed by atoms with E-state index in [0.717, 1.165) is 28.8 Å². The van der Waals surface area contributed by atoms with Crippen molar-refractivity contribution in [1.29, 1.82) is 0 Å². The molecular weight excluding hydrogens is 270 g/mol. The fourth-order valence-corrected chi connectivity index (χ4v) is 2.55. The van der Waals surface area contributed by atoms with Crippen molar-refractivity contribution in [3.63, 3.8) is 0 Å². The highest BCUT2D eigenvalue weighted by atomic mass is 16.6. The highest BCUT2D eigenvalue weighted by Crippen LogP contribution is 2.21. The molecule has 0 aromatic heterocycles.